The monoisotopic (exact) mass is 283 g/mol. The van der Waals surface area contributed by atoms with Crippen molar-refractivity contribution in [3.05, 3.63) is 18.2 Å². The second kappa shape index (κ2) is 8.66. The zero-order valence-electron chi connectivity index (χ0n) is 12.7. The molecule has 0 aliphatic rings. The second-order valence-corrected chi connectivity index (χ2v) is 5.07. The average molecular weight is 283 g/mol. The van der Waals surface area contributed by atoms with Gasteiger partial charge in [0.25, 0.3) is 0 Å². The van der Waals surface area contributed by atoms with Crippen LogP contribution in [0.2, 0.25) is 0 Å². The molecule has 1 rings (SSSR count). The highest BCUT2D eigenvalue weighted by atomic mass is 16.5. The lowest BCUT2D eigenvalue weighted by atomic mass is 10.2. The van der Waals surface area contributed by atoms with Gasteiger partial charge in [0, 0.05) is 24.7 Å². The summed E-state index contributed by atoms with van der Waals surface area (Å²) < 4.78 is 15.9. The molecule has 1 aromatic rings. The van der Waals surface area contributed by atoms with Gasteiger partial charge in [-0.15, -0.1) is 0 Å². The summed E-state index contributed by atoms with van der Waals surface area (Å²) in [5.74, 6) is 2.49. The van der Waals surface area contributed by atoms with Gasteiger partial charge in [0.1, 0.15) is 30.0 Å². The van der Waals surface area contributed by atoms with E-state index in [-0.39, 0.29) is 6.61 Å². The summed E-state index contributed by atoms with van der Waals surface area (Å²) in [5.41, 5.74) is 0. The minimum Gasteiger partial charge on any atom is -0.496 e. The maximum absolute atomic E-state index is 9.83. The number of rotatable bonds is 9. The van der Waals surface area contributed by atoms with E-state index in [1.807, 2.05) is 0 Å². The lowest BCUT2D eigenvalue weighted by Crippen LogP contribution is -2.33. The van der Waals surface area contributed by atoms with Gasteiger partial charge in [0.2, 0.25) is 0 Å². The van der Waals surface area contributed by atoms with E-state index < -0.39 is 6.10 Å². The molecule has 0 saturated heterocycles. The SMILES string of the molecule is COc1cc(OC)cc(OCC(O)CNCC(C)C)c1. The van der Waals surface area contributed by atoms with Crippen molar-refractivity contribution in [1.82, 2.24) is 5.32 Å². The molecule has 2 N–H and O–H groups in total. The van der Waals surface area contributed by atoms with Crippen LogP contribution in [0.25, 0.3) is 0 Å². The molecule has 0 aliphatic heterocycles. The summed E-state index contributed by atoms with van der Waals surface area (Å²) in [6.45, 7) is 5.86. The lowest BCUT2D eigenvalue weighted by molar-refractivity contribution is 0.105. The van der Waals surface area contributed by atoms with Crippen LogP contribution in [0.15, 0.2) is 18.2 Å². The van der Waals surface area contributed by atoms with Gasteiger partial charge >= 0.3 is 0 Å². The largest absolute Gasteiger partial charge is 0.496 e. The molecule has 0 radical (unpaired) electrons. The Labute approximate surface area is 120 Å². The number of hydrogen-bond donors (Lipinski definition) is 2. The normalized spacial score (nSPS) is 12.3. The van der Waals surface area contributed by atoms with E-state index in [1.54, 1.807) is 32.4 Å². The van der Waals surface area contributed by atoms with E-state index in [9.17, 15) is 5.11 Å². The Morgan fingerprint density at radius 2 is 1.55 bits per heavy atom. The molecule has 0 amide bonds. The van der Waals surface area contributed by atoms with Gasteiger partial charge in [-0.05, 0) is 12.5 Å². The van der Waals surface area contributed by atoms with Gasteiger partial charge in [0.05, 0.1) is 14.2 Å². The fourth-order valence-electron chi connectivity index (χ4n) is 1.65. The fourth-order valence-corrected chi connectivity index (χ4v) is 1.65. The summed E-state index contributed by atoms with van der Waals surface area (Å²) in [7, 11) is 3.17. The summed E-state index contributed by atoms with van der Waals surface area (Å²) in [5, 5.41) is 13.0. The smallest absolute Gasteiger partial charge is 0.126 e. The molecule has 5 nitrogen and oxygen atoms in total. The predicted molar refractivity (Wildman–Crippen MR) is 78.8 cm³/mol. The molecule has 0 aliphatic carbocycles. The van der Waals surface area contributed by atoms with E-state index >= 15 is 0 Å². The molecule has 114 valence electrons. The van der Waals surface area contributed by atoms with E-state index in [2.05, 4.69) is 19.2 Å². The Morgan fingerprint density at radius 1 is 1.00 bits per heavy atom. The highest BCUT2D eigenvalue weighted by Crippen LogP contribution is 2.27. The summed E-state index contributed by atoms with van der Waals surface area (Å²) in [6.07, 6.45) is -0.550. The molecule has 0 saturated carbocycles. The van der Waals surface area contributed by atoms with Crippen molar-refractivity contribution in [2.24, 2.45) is 5.92 Å². The van der Waals surface area contributed by atoms with E-state index in [1.165, 1.54) is 0 Å². The van der Waals surface area contributed by atoms with Crippen molar-refractivity contribution in [3.63, 3.8) is 0 Å². The zero-order chi connectivity index (χ0) is 15.0. The van der Waals surface area contributed by atoms with Crippen LogP contribution in [0.5, 0.6) is 17.2 Å². The highest BCUT2D eigenvalue weighted by molar-refractivity contribution is 5.41. The van der Waals surface area contributed by atoms with Crippen LogP contribution in [0.1, 0.15) is 13.8 Å². The quantitative estimate of drug-likeness (QED) is 0.722. The molecule has 0 heterocycles. The Balaban J connectivity index is 2.44. The lowest BCUT2D eigenvalue weighted by Gasteiger charge is -2.15. The topological polar surface area (TPSA) is 60.0 Å². The van der Waals surface area contributed by atoms with Crippen molar-refractivity contribution in [2.75, 3.05) is 33.9 Å². The molecule has 0 spiro atoms. The maximum atomic E-state index is 9.83. The van der Waals surface area contributed by atoms with Gasteiger partial charge in [-0.1, -0.05) is 13.8 Å². The highest BCUT2D eigenvalue weighted by Gasteiger charge is 2.07. The Morgan fingerprint density at radius 3 is 2.05 bits per heavy atom. The van der Waals surface area contributed by atoms with Gasteiger partial charge in [0.15, 0.2) is 0 Å². The number of hydrogen-bond acceptors (Lipinski definition) is 5. The molecule has 1 atom stereocenters. The van der Waals surface area contributed by atoms with E-state index in [0.29, 0.717) is 29.7 Å². The van der Waals surface area contributed by atoms with Crippen molar-refractivity contribution in [1.29, 1.82) is 0 Å². The summed E-state index contributed by atoms with van der Waals surface area (Å²) in [6, 6.07) is 5.29. The fraction of sp³-hybridized carbons (Fsp3) is 0.600. The molecule has 20 heavy (non-hydrogen) atoms. The number of nitrogens with one attached hydrogen (secondary N) is 1. The van der Waals surface area contributed by atoms with Gasteiger partial charge < -0.3 is 24.6 Å². The molecule has 5 heteroatoms. The third-order valence-corrected chi connectivity index (χ3v) is 2.70. The number of ether oxygens (including phenoxy) is 3. The van der Waals surface area contributed by atoms with Crippen LogP contribution in [0.4, 0.5) is 0 Å². The van der Waals surface area contributed by atoms with Crippen LogP contribution < -0.4 is 19.5 Å². The Bertz CT molecular complexity index is 373. The van der Waals surface area contributed by atoms with Crippen molar-refractivity contribution in [3.8, 4) is 17.2 Å². The first-order valence-corrected chi connectivity index (χ1v) is 6.79. The predicted octanol–water partition coefficient (Wildman–Crippen LogP) is 1.69. The molecule has 1 aromatic carbocycles. The third kappa shape index (κ3) is 6.12. The van der Waals surface area contributed by atoms with Crippen LogP contribution in [0, 0.1) is 5.92 Å². The van der Waals surface area contributed by atoms with Crippen LogP contribution in [-0.4, -0.2) is 45.1 Å². The van der Waals surface area contributed by atoms with Crippen LogP contribution >= 0.6 is 0 Å². The summed E-state index contributed by atoms with van der Waals surface area (Å²) >= 11 is 0. The molecular formula is C15H25NO4. The molecule has 0 bridgehead atoms. The Kier molecular flexibility index (Phi) is 7.18. The Hall–Kier alpha value is -1.46. The third-order valence-electron chi connectivity index (χ3n) is 2.70. The molecule has 0 fully saturated rings. The van der Waals surface area contributed by atoms with Crippen LogP contribution in [-0.2, 0) is 0 Å². The van der Waals surface area contributed by atoms with Crippen molar-refractivity contribution >= 4 is 0 Å². The minimum atomic E-state index is -0.550. The maximum Gasteiger partial charge on any atom is 0.126 e. The standard InChI is InChI=1S/C15H25NO4/c1-11(2)8-16-9-12(17)10-20-15-6-13(18-3)5-14(7-15)19-4/h5-7,11-12,16-17H,8-10H2,1-4H3. The first-order valence-electron chi connectivity index (χ1n) is 6.79. The van der Waals surface area contributed by atoms with Gasteiger partial charge in [-0.3, -0.25) is 0 Å². The van der Waals surface area contributed by atoms with E-state index in [4.69, 9.17) is 14.2 Å². The van der Waals surface area contributed by atoms with Gasteiger partial charge in [-0.25, -0.2) is 0 Å². The number of benzene rings is 1. The summed E-state index contributed by atoms with van der Waals surface area (Å²) in [4.78, 5) is 0. The first-order chi connectivity index (χ1) is 9.55. The zero-order valence-corrected chi connectivity index (χ0v) is 12.7. The average Bonchev–Trinajstić information content (AvgIpc) is 2.44. The molecule has 1 unspecified atom stereocenters. The van der Waals surface area contributed by atoms with Gasteiger partial charge in [-0.2, -0.15) is 0 Å². The molecular weight excluding hydrogens is 258 g/mol. The minimum absolute atomic E-state index is 0.224. The second-order valence-electron chi connectivity index (χ2n) is 5.07. The van der Waals surface area contributed by atoms with Crippen molar-refractivity contribution < 1.29 is 19.3 Å². The van der Waals surface area contributed by atoms with E-state index in [0.717, 1.165) is 6.54 Å². The number of methoxy groups -OCH3 is 2. The molecule has 0 aromatic heterocycles. The first kappa shape index (κ1) is 16.6. The number of aliphatic hydroxyl groups is 1. The number of aliphatic hydroxyl groups excluding tert-OH is 1. The van der Waals surface area contributed by atoms with Crippen molar-refractivity contribution in [2.45, 2.75) is 20.0 Å². The van der Waals surface area contributed by atoms with Crippen LogP contribution in [0.3, 0.4) is 0 Å².